The largest absolute Gasteiger partial charge is 0.353 e. The number of para-hydroxylation sites is 2. The zero-order valence-corrected chi connectivity index (χ0v) is 23.9. The number of hydrogen-bond acceptors (Lipinski definition) is 6. The van der Waals surface area contributed by atoms with E-state index in [9.17, 15) is 19.2 Å². The Morgan fingerprint density at radius 1 is 0.698 bits per heavy atom. The van der Waals surface area contributed by atoms with Crippen LogP contribution in [-0.4, -0.2) is 84.1 Å². The molecule has 10 heteroatoms. The Hall–Kier alpha value is -4.86. The Kier molecular flexibility index (Phi) is 8.26. The molecule has 2 aromatic carbocycles. The fourth-order valence-corrected chi connectivity index (χ4v) is 5.98. The van der Waals surface area contributed by atoms with Crippen molar-refractivity contribution in [3.8, 4) is 0 Å². The summed E-state index contributed by atoms with van der Waals surface area (Å²) in [4.78, 5) is 63.3. The van der Waals surface area contributed by atoms with Crippen LogP contribution >= 0.6 is 0 Å². The van der Waals surface area contributed by atoms with E-state index >= 15 is 0 Å². The highest BCUT2D eigenvalue weighted by atomic mass is 16.2. The minimum Gasteiger partial charge on any atom is -0.353 e. The number of aliphatic imine (C=N–C) groups is 2. The molecule has 4 aliphatic rings. The Morgan fingerprint density at radius 2 is 1.14 bits per heavy atom. The summed E-state index contributed by atoms with van der Waals surface area (Å²) in [5.41, 5.74) is 4.36. The van der Waals surface area contributed by atoms with E-state index in [0.717, 1.165) is 30.4 Å². The fourth-order valence-electron chi connectivity index (χ4n) is 5.98. The van der Waals surface area contributed by atoms with Gasteiger partial charge in [0.25, 0.3) is 11.8 Å². The summed E-state index contributed by atoms with van der Waals surface area (Å²) in [6.45, 7) is 1.92. The van der Waals surface area contributed by atoms with Crippen LogP contribution in [0.5, 0.6) is 0 Å². The molecule has 0 unspecified atom stereocenters. The lowest BCUT2D eigenvalue weighted by Gasteiger charge is -2.19. The van der Waals surface area contributed by atoms with Gasteiger partial charge in [-0.2, -0.15) is 0 Å². The molecule has 4 aliphatic heterocycles. The van der Waals surface area contributed by atoms with Crippen LogP contribution in [-0.2, 0) is 9.59 Å². The van der Waals surface area contributed by atoms with Crippen LogP contribution < -0.4 is 10.6 Å². The van der Waals surface area contributed by atoms with Crippen molar-refractivity contribution < 1.29 is 19.2 Å². The fraction of sp³-hybridized carbons (Fsp3) is 0.333. The van der Waals surface area contributed by atoms with Gasteiger partial charge in [0, 0.05) is 50.8 Å². The molecule has 0 spiro atoms. The summed E-state index contributed by atoms with van der Waals surface area (Å²) >= 11 is 0. The van der Waals surface area contributed by atoms with Crippen molar-refractivity contribution in [2.75, 3.05) is 26.2 Å². The first-order valence-electron chi connectivity index (χ1n) is 14.8. The molecular formula is C33H34N6O4. The molecule has 2 fully saturated rings. The second-order valence-electron chi connectivity index (χ2n) is 11.2. The van der Waals surface area contributed by atoms with Gasteiger partial charge in [0.05, 0.1) is 34.6 Å². The Bertz CT molecular complexity index is 1460. The predicted molar refractivity (Wildman–Crippen MR) is 164 cm³/mol. The lowest BCUT2D eigenvalue weighted by Crippen LogP contribution is -2.35. The quantitative estimate of drug-likeness (QED) is 0.368. The number of amides is 4. The summed E-state index contributed by atoms with van der Waals surface area (Å²) in [6, 6.07) is 14.4. The first kappa shape index (κ1) is 28.3. The normalized spacial score (nSPS) is 22.1. The van der Waals surface area contributed by atoms with Gasteiger partial charge in [-0.1, -0.05) is 24.3 Å². The van der Waals surface area contributed by atoms with E-state index in [0.29, 0.717) is 61.5 Å². The van der Waals surface area contributed by atoms with Crippen molar-refractivity contribution in [2.45, 2.75) is 44.2 Å². The number of carbonyl (C=O) groups is 4. The molecule has 2 N–H and O–H groups in total. The molecular weight excluding hydrogens is 544 g/mol. The lowest BCUT2D eigenvalue weighted by atomic mass is 10.1. The first-order valence-corrected chi connectivity index (χ1v) is 14.8. The summed E-state index contributed by atoms with van der Waals surface area (Å²) in [7, 11) is 0. The van der Waals surface area contributed by atoms with Gasteiger partial charge < -0.3 is 20.4 Å². The van der Waals surface area contributed by atoms with Crippen molar-refractivity contribution in [2.24, 2.45) is 9.98 Å². The van der Waals surface area contributed by atoms with E-state index in [-0.39, 0.29) is 35.7 Å². The van der Waals surface area contributed by atoms with Crippen molar-refractivity contribution in [3.05, 3.63) is 83.0 Å². The highest BCUT2D eigenvalue weighted by Crippen LogP contribution is 2.31. The van der Waals surface area contributed by atoms with Crippen LogP contribution in [0.3, 0.4) is 0 Å². The molecule has 6 rings (SSSR count). The average Bonchev–Trinajstić information content (AvgIpc) is 3.54. The minimum absolute atomic E-state index is 0.0599. The number of fused-ring (bicyclic) bond motifs is 4. The van der Waals surface area contributed by atoms with E-state index in [1.165, 1.54) is 0 Å². The number of hydrogen-bond donors (Lipinski definition) is 2. The highest BCUT2D eigenvalue weighted by Gasteiger charge is 2.35. The molecule has 0 bridgehead atoms. The van der Waals surface area contributed by atoms with Crippen LogP contribution in [0.4, 0.5) is 11.4 Å². The van der Waals surface area contributed by atoms with E-state index in [4.69, 9.17) is 0 Å². The van der Waals surface area contributed by atoms with Gasteiger partial charge in [-0.15, -0.1) is 0 Å². The maximum atomic E-state index is 13.0. The van der Waals surface area contributed by atoms with Crippen LogP contribution in [0, 0.1) is 0 Å². The number of carbonyl (C=O) groups excluding carboxylic acids is 4. The Morgan fingerprint density at radius 3 is 1.60 bits per heavy atom. The zero-order valence-electron chi connectivity index (χ0n) is 23.9. The predicted octanol–water partition coefficient (Wildman–Crippen LogP) is 3.50. The average molecular weight is 579 g/mol. The number of nitrogens with zero attached hydrogens (tertiary/aromatic N) is 4. The molecule has 2 atom stereocenters. The smallest absolute Gasteiger partial charge is 0.256 e. The highest BCUT2D eigenvalue weighted by molar-refractivity contribution is 6.04. The summed E-state index contributed by atoms with van der Waals surface area (Å²) < 4.78 is 0. The van der Waals surface area contributed by atoms with Crippen LogP contribution in [0.1, 0.15) is 52.8 Å². The van der Waals surface area contributed by atoms with Gasteiger partial charge in [0.15, 0.2) is 0 Å². The molecule has 0 radical (unpaired) electrons. The molecule has 2 saturated heterocycles. The lowest BCUT2D eigenvalue weighted by molar-refractivity contribution is -0.117. The molecule has 43 heavy (non-hydrogen) atoms. The van der Waals surface area contributed by atoms with E-state index in [1.807, 2.05) is 36.4 Å². The third kappa shape index (κ3) is 6.33. The number of nitrogens with one attached hydrogen (secondary N) is 2. The van der Waals surface area contributed by atoms with Crippen molar-refractivity contribution in [1.82, 2.24) is 20.4 Å². The molecule has 2 aromatic rings. The van der Waals surface area contributed by atoms with Gasteiger partial charge in [0.2, 0.25) is 11.8 Å². The van der Waals surface area contributed by atoms with E-state index < -0.39 is 0 Å². The standard InChI is InChI=1S/C33H34N6O4/c40-30(16-22-14-24-18-36-28-10-4-2-8-26(28)32(42)38(24)20-22)34-12-6-1-7-13-35-31(41)17-23-15-25-19-37-29-11-5-3-9-27(29)33(43)39(25)21-23/h2-5,8-11,16-19,24-25H,1,6-7,12-15,20-21H2,(H,34,40)(H,35,41)/t24-,25-/m0/s1. The van der Waals surface area contributed by atoms with E-state index in [1.54, 1.807) is 46.5 Å². The van der Waals surface area contributed by atoms with E-state index in [2.05, 4.69) is 20.6 Å². The third-order valence-electron chi connectivity index (χ3n) is 8.17. The molecule has 0 saturated carbocycles. The Balaban J connectivity index is 0.879. The zero-order chi connectivity index (χ0) is 29.8. The van der Waals surface area contributed by atoms with Crippen LogP contribution in [0.15, 0.2) is 81.8 Å². The Labute approximate surface area is 250 Å². The van der Waals surface area contributed by atoms with Gasteiger partial charge in [-0.05, 0) is 67.5 Å². The maximum absolute atomic E-state index is 13.0. The maximum Gasteiger partial charge on any atom is 0.256 e. The van der Waals surface area contributed by atoms with Crippen LogP contribution in [0.25, 0.3) is 0 Å². The molecule has 4 amide bonds. The van der Waals surface area contributed by atoms with Crippen molar-refractivity contribution in [1.29, 1.82) is 0 Å². The molecule has 0 aromatic heterocycles. The minimum atomic E-state index is -0.159. The molecule has 10 nitrogen and oxygen atoms in total. The van der Waals surface area contributed by atoms with Crippen molar-refractivity contribution >= 4 is 47.4 Å². The van der Waals surface area contributed by atoms with Gasteiger partial charge in [-0.3, -0.25) is 29.2 Å². The number of rotatable bonds is 8. The molecule has 220 valence electrons. The SMILES string of the molecule is O=C(C=C1C[C@H]2C=Nc3ccccc3C(=O)N2C1)NCCCCCNC(=O)C=C1C[C@H]2C=Nc3ccccc3C(=O)N2C1. The van der Waals surface area contributed by atoms with Crippen molar-refractivity contribution in [3.63, 3.8) is 0 Å². The monoisotopic (exact) mass is 578 g/mol. The van der Waals surface area contributed by atoms with Gasteiger partial charge >= 0.3 is 0 Å². The van der Waals surface area contributed by atoms with Gasteiger partial charge in [0.1, 0.15) is 0 Å². The second kappa shape index (κ2) is 12.6. The first-order chi connectivity index (χ1) is 21.0. The topological polar surface area (TPSA) is 124 Å². The van der Waals surface area contributed by atoms with Gasteiger partial charge in [-0.25, -0.2) is 0 Å². The molecule has 4 heterocycles. The molecule has 0 aliphatic carbocycles. The number of benzene rings is 2. The number of unbranched alkanes of at least 4 members (excludes halogenated alkanes) is 2. The second-order valence-corrected chi connectivity index (χ2v) is 11.2. The summed E-state index contributed by atoms with van der Waals surface area (Å²) in [5, 5.41) is 5.85. The third-order valence-corrected chi connectivity index (χ3v) is 8.17. The summed E-state index contributed by atoms with van der Waals surface area (Å²) in [5.74, 6) is -0.438. The summed E-state index contributed by atoms with van der Waals surface area (Å²) in [6.07, 6.45) is 10.4. The van der Waals surface area contributed by atoms with Crippen LogP contribution in [0.2, 0.25) is 0 Å².